The molecule has 0 saturated heterocycles. The molecule has 144 valence electrons. The predicted octanol–water partition coefficient (Wildman–Crippen LogP) is 5.08. The van der Waals surface area contributed by atoms with E-state index in [9.17, 15) is 4.79 Å². The van der Waals surface area contributed by atoms with Crippen LogP contribution in [0, 0.1) is 0 Å². The first-order valence-corrected chi connectivity index (χ1v) is 9.98. The van der Waals surface area contributed by atoms with Gasteiger partial charge in [-0.3, -0.25) is 4.79 Å². The number of fused-ring (bicyclic) bond motifs is 1. The third-order valence-corrected chi connectivity index (χ3v) is 5.56. The predicted molar refractivity (Wildman–Crippen MR) is 114 cm³/mol. The van der Waals surface area contributed by atoms with Gasteiger partial charge in [0, 0.05) is 30.2 Å². The molecule has 28 heavy (non-hydrogen) atoms. The summed E-state index contributed by atoms with van der Waals surface area (Å²) in [5, 5.41) is 1.85. The standard InChI is InChI=1S/C23H23ClN2O2/c1-2-16-5-3-6-18(13-16)28-15-22(27)26-11-9-17(10-12-26)20-14-25-23-19(20)7-4-8-21(23)24/h3-9,13-14,25H,2,10-12,15H2,1H3. The van der Waals surface area contributed by atoms with Crippen molar-refractivity contribution in [1.29, 1.82) is 0 Å². The largest absolute Gasteiger partial charge is 0.484 e. The molecule has 2 heterocycles. The Morgan fingerprint density at radius 2 is 2.11 bits per heavy atom. The van der Waals surface area contributed by atoms with Crippen LogP contribution < -0.4 is 4.74 Å². The van der Waals surface area contributed by atoms with Gasteiger partial charge in [0.2, 0.25) is 0 Å². The third kappa shape index (κ3) is 3.78. The van der Waals surface area contributed by atoms with E-state index < -0.39 is 0 Å². The third-order valence-electron chi connectivity index (χ3n) is 5.24. The molecule has 4 nitrogen and oxygen atoms in total. The molecule has 1 aliphatic heterocycles. The highest BCUT2D eigenvalue weighted by Gasteiger charge is 2.20. The minimum absolute atomic E-state index is 0.0131. The van der Waals surface area contributed by atoms with E-state index in [0.29, 0.717) is 13.1 Å². The summed E-state index contributed by atoms with van der Waals surface area (Å²) in [5.41, 5.74) is 4.57. The SMILES string of the molecule is CCc1cccc(OCC(=O)N2CC=C(c3c[nH]c4c(Cl)cccc34)CC2)c1. The van der Waals surface area contributed by atoms with E-state index in [2.05, 4.69) is 30.1 Å². The van der Waals surface area contributed by atoms with Crippen molar-refractivity contribution in [2.24, 2.45) is 0 Å². The number of amides is 1. The lowest BCUT2D eigenvalue weighted by atomic mass is 9.99. The van der Waals surface area contributed by atoms with E-state index >= 15 is 0 Å². The van der Waals surface area contributed by atoms with Crippen molar-refractivity contribution in [2.75, 3.05) is 19.7 Å². The van der Waals surface area contributed by atoms with Crippen LogP contribution in [-0.2, 0) is 11.2 Å². The Morgan fingerprint density at radius 3 is 2.89 bits per heavy atom. The van der Waals surface area contributed by atoms with Crippen LogP contribution in [0.4, 0.5) is 0 Å². The van der Waals surface area contributed by atoms with E-state index in [1.807, 2.05) is 41.4 Å². The number of carbonyl (C=O) groups is 1. The average Bonchev–Trinajstić information content (AvgIpc) is 3.18. The maximum atomic E-state index is 12.5. The van der Waals surface area contributed by atoms with Crippen LogP contribution >= 0.6 is 11.6 Å². The van der Waals surface area contributed by atoms with Gasteiger partial charge in [-0.05, 0) is 42.2 Å². The highest BCUT2D eigenvalue weighted by Crippen LogP contribution is 2.32. The molecule has 0 bridgehead atoms. The van der Waals surface area contributed by atoms with Gasteiger partial charge in [0.1, 0.15) is 5.75 Å². The number of halogens is 1. The first-order chi connectivity index (χ1) is 13.7. The number of para-hydroxylation sites is 1. The monoisotopic (exact) mass is 394 g/mol. The lowest BCUT2D eigenvalue weighted by Crippen LogP contribution is -2.37. The molecule has 0 saturated carbocycles. The lowest BCUT2D eigenvalue weighted by Gasteiger charge is -2.26. The molecule has 1 aliphatic rings. The van der Waals surface area contributed by atoms with Crippen LogP contribution in [0.1, 0.15) is 24.5 Å². The molecule has 0 radical (unpaired) electrons. The fraction of sp³-hybridized carbons (Fsp3) is 0.261. The fourth-order valence-electron chi connectivity index (χ4n) is 3.61. The van der Waals surface area contributed by atoms with Crippen LogP contribution in [-0.4, -0.2) is 35.5 Å². The van der Waals surface area contributed by atoms with Gasteiger partial charge in [-0.2, -0.15) is 0 Å². The van der Waals surface area contributed by atoms with E-state index in [-0.39, 0.29) is 12.5 Å². The molecule has 1 aromatic heterocycles. The zero-order chi connectivity index (χ0) is 19.5. The number of rotatable bonds is 5. The van der Waals surface area contributed by atoms with Crippen LogP contribution in [0.25, 0.3) is 16.5 Å². The van der Waals surface area contributed by atoms with Gasteiger partial charge >= 0.3 is 0 Å². The molecular formula is C23H23ClN2O2. The summed E-state index contributed by atoms with van der Waals surface area (Å²) < 4.78 is 5.70. The van der Waals surface area contributed by atoms with Gasteiger partial charge in [0.05, 0.1) is 10.5 Å². The number of hydrogen-bond donors (Lipinski definition) is 1. The zero-order valence-corrected chi connectivity index (χ0v) is 16.6. The van der Waals surface area contributed by atoms with Crippen molar-refractivity contribution < 1.29 is 9.53 Å². The van der Waals surface area contributed by atoms with E-state index in [1.54, 1.807) is 0 Å². The second-order valence-electron chi connectivity index (χ2n) is 6.97. The van der Waals surface area contributed by atoms with Gasteiger partial charge in [-0.15, -0.1) is 0 Å². The minimum atomic E-state index is 0.0131. The Balaban J connectivity index is 1.40. The van der Waals surface area contributed by atoms with Crippen LogP contribution in [0.2, 0.25) is 5.02 Å². The number of aryl methyl sites for hydroxylation is 1. The van der Waals surface area contributed by atoms with Crippen LogP contribution in [0.5, 0.6) is 5.75 Å². The van der Waals surface area contributed by atoms with E-state index in [4.69, 9.17) is 16.3 Å². The molecule has 0 fully saturated rings. The number of H-pyrrole nitrogens is 1. The molecule has 0 unspecified atom stereocenters. The number of aromatic amines is 1. The minimum Gasteiger partial charge on any atom is -0.484 e. The van der Waals surface area contributed by atoms with Crippen molar-refractivity contribution in [3.63, 3.8) is 0 Å². The Kier molecular flexibility index (Phi) is 5.40. The van der Waals surface area contributed by atoms with E-state index in [0.717, 1.165) is 40.1 Å². The van der Waals surface area contributed by atoms with Crippen LogP contribution in [0.15, 0.2) is 54.7 Å². The first kappa shape index (κ1) is 18.6. The maximum Gasteiger partial charge on any atom is 0.260 e. The van der Waals surface area contributed by atoms with E-state index in [1.165, 1.54) is 11.1 Å². The molecule has 5 heteroatoms. The number of carbonyl (C=O) groups excluding carboxylic acids is 1. The summed E-state index contributed by atoms with van der Waals surface area (Å²) in [6, 6.07) is 13.8. The van der Waals surface area contributed by atoms with Crippen molar-refractivity contribution in [1.82, 2.24) is 9.88 Å². The number of nitrogens with zero attached hydrogens (tertiary/aromatic N) is 1. The number of aromatic nitrogens is 1. The maximum absolute atomic E-state index is 12.5. The molecule has 3 aromatic rings. The lowest BCUT2D eigenvalue weighted by molar-refractivity contribution is -0.132. The quantitative estimate of drug-likeness (QED) is 0.656. The molecule has 0 atom stereocenters. The molecule has 4 rings (SSSR count). The van der Waals surface area contributed by atoms with Crippen molar-refractivity contribution in [2.45, 2.75) is 19.8 Å². The number of hydrogen-bond acceptors (Lipinski definition) is 2. The molecule has 1 amide bonds. The zero-order valence-electron chi connectivity index (χ0n) is 15.9. The van der Waals surface area contributed by atoms with Gasteiger partial charge in [0.25, 0.3) is 5.91 Å². The second kappa shape index (κ2) is 8.11. The summed E-state index contributed by atoms with van der Waals surface area (Å²) >= 11 is 6.26. The van der Waals surface area contributed by atoms with Gasteiger partial charge < -0.3 is 14.6 Å². The highest BCUT2D eigenvalue weighted by atomic mass is 35.5. The van der Waals surface area contributed by atoms with Crippen molar-refractivity contribution in [3.8, 4) is 5.75 Å². The molecular weight excluding hydrogens is 372 g/mol. The van der Waals surface area contributed by atoms with Crippen molar-refractivity contribution in [3.05, 3.63) is 70.9 Å². The summed E-state index contributed by atoms with van der Waals surface area (Å²) in [6.07, 6.45) is 5.90. The topological polar surface area (TPSA) is 45.3 Å². The Labute approximate surface area is 169 Å². The number of benzene rings is 2. The molecule has 2 aromatic carbocycles. The summed E-state index contributed by atoms with van der Waals surface area (Å²) in [4.78, 5) is 17.6. The Bertz CT molecular complexity index is 1040. The first-order valence-electron chi connectivity index (χ1n) is 9.60. The summed E-state index contributed by atoms with van der Waals surface area (Å²) in [6.45, 7) is 3.46. The Hall–Kier alpha value is -2.72. The van der Waals surface area contributed by atoms with Gasteiger partial charge in [-0.1, -0.05) is 48.9 Å². The second-order valence-corrected chi connectivity index (χ2v) is 7.38. The summed E-state index contributed by atoms with van der Waals surface area (Å²) in [7, 11) is 0. The summed E-state index contributed by atoms with van der Waals surface area (Å²) in [5.74, 6) is 0.760. The fourth-order valence-corrected chi connectivity index (χ4v) is 3.84. The molecule has 0 spiro atoms. The van der Waals surface area contributed by atoms with Gasteiger partial charge in [0.15, 0.2) is 6.61 Å². The van der Waals surface area contributed by atoms with Gasteiger partial charge in [-0.25, -0.2) is 0 Å². The van der Waals surface area contributed by atoms with Crippen LogP contribution in [0.3, 0.4) is 0 Å². The normalized spacial score (nSPS) is 14.2. The average molecular weight is 395 g/mol. The number of ether oxygens (including phenoxy) is 1. The van der Waals surface area contributed by atoms with Crippen molar-refractivity contribution >= 4 is 34.0 Å². The Morgan fingerprint density at radius 1 is 1.25 bits per heavy atom. The highest BCUT2D eigenvalue weighted by molar-refractivity contribution is 6.35. The molecule has 0 aliphatic carbocycles. The number of nitrogens with one attached hydrogen (secondary N) is 1. The smallest absolute Gasteiger partial charge is 0.260 e. The molecule has 1 N–H and O–H groups in total.